The van der Waals surface area contributed by atoms with Crippen molar-refractivity contribution in [2.75, 3.05) is 6.54 Å². The zero-order valence-corrected chi connectivity index (χ0v) is 11.6. The highest BCUT2D eigenvalue weighted by Crippen LogP contribution is 2.11. The highest BCUT2D eigenvalue weighted by molar-refractivity contribution is 7.89. The van der Waals surface area contributed by atoms with Gasteiger partial charge in [0.15, 0.2) is 0 Å². The fraction of sp³-hybridized carbons (Fsp3) is 0.250. The number of hydrogen-bond donors (Lipinski definition) is 1. The van der Waals surface area contributed by atoms with E-state index in [4.69, 9.17) is 0 Å². The summed E-state index contributed by atoms with van der Waals surface area (Å²) in [5, 5.41) is 2.81. The molecule has 0 atom stereocenters. The molecule has 0 spiro atoms. The summed E-state index contributed by atoms with van der Waals surface area (Å²) < 4.78 is 26.5. The number of nitrogens with one attached hydrogen (secondary N) is 1. The number of thiazole rings is 1. The average molecular weight is 282 g/mol. The first-order valence-corrected chi connectivity index (χ1v) is 7.89. The fourth-order valence-corrected chi connectivity index (χ4v) is 3.29. The van der Waals surface area contributed by atoms with E-state index >= 15 is 0 Å². The highest BCUT2D eigenvalue weighted by Gasteiger charge is 2.13. The van der Waals surface area contributed by atoms with Gasteiger partial charge in [-0.3, -0.25) is 0 Å². The van der Waals surface area contributed by atoms with Crippen molar-refractivity contribution >= 4 is 21.4 Å². The number of hydrogen-bond acceptors (Lipinski definition) is 4. The van der Waals surface area contributed by atoms with E-state index in [1.807, 2.05) is 18.4 Å². The minimum absolute atomic E-state index is 0.307. The van der Waals surface area contributed by atoms with Gasteiger partial charge in [-0.15, -0.1) is 11.3 Å². The van der Waals surface area contributed by atoms with Crippen LogP contribution in [0.3, 0.4) is 0 Å². The topological polar surface area (TPSA) is 59.1 Å². The van der Waals surface area contributed by atoms with Crippen molar-refractivity contribution in [1.82, 2.24) is 9.71 Å². The van der Waals surface area contributed by atoms with Crippen molar-refractivity contribution < 1.29 is 8.42 Å². The Kier molecular flexibility index (Phi) is 4.11. The Balaban J connectivity index is 1.99. The van der Waals surface area contributed by atoms with Crippen molar-refractivity contribution in [2.45, 2.75) is 18.2 Å². The molecule has 0 aliphatic carbocycles. The van der Waals surface area contributed by atoms with E-state index in [0.29, 0.717) is 17.9 Å². The number of sulfonamides is 1. The molecule has 0 unspecified atom stereocenters. The van der Waals surface area contributed by atoms with Gasteiger partial charge in [0.25, 0.3) is 0 Å². The second-order valence-electron chi connectivity index (χ2n) is 3.89. The highest BCUT2D eigenvalue weighted by atomic mass is 32.2. The van der Waals surface area contributed by atoms with Crippen molar-refractivity contribution in [3.8, 4) is 0 Å². The standard InChI is InChI=1S/C12H14N2O2S2/c1-10-3-2-4-11(9-10)18(15,16)14-6-5-12-13-7-8-17-12/h2-4,7-9,14H,5-6H2,1H3. The molecule has 0 fully saturated rings. The van der Waals surface area contributed by atoms with Crippen molar-refractivity contribution in [3.63, 3.8) is 0 Å². The monoisotopic (exact) mass is 282 g/mol. The molecule has 0 saturated heterocycles. The Morgan fingerprint density at radius 1 is 1.39 bits per heavy atom. The second-order valence-corrected chi connectivity index (χ2v) is 6.64. The molecule has 0 aliphatic heterocycles. The molecule has 6 heteroatoms. The lowest BCUT2D eigenvalue weighted by atomic mass is 10.2. The lowest BCUT2D eigenvalue weighted by Crippen LogP contribution is -2.26. The van der Waals surface area contributed by atoms with E-state index < -0.39 is 10.0 Å². The fourth-order valence-electron chi connectivity index (χ4n) is 1.53. The molecule has 96 valence electrons. The number of aryl methyl sites for hydroxylation is 1. The number of aromatic nitrogens is 1. The minimum Gasteiger partial charge on any atom is -0.250 e. The van der Waals surface area contributed by atoms with Crippen LogP contribution in [0.25, 0.3) is 0 Å². The predicted molar refractivity (Wildman–Crippen MR) is 72.2 cm³/mol. The summed E-state index contributed by atoms with van der Waals surface area (Å²) >= 11 is 1.53. The zero-order chi connectivity index (χ0) is 13.0. The molecule has 2 rings (SSSR count). The largest absolute Gasteiger partial charge is 0.250 e. The molecule has 0 bridgehead atoms. The summed E-state index contributed by atoms with van der Waals surface area (Å²) in [6, 6.07) is 6.86. The van der Waals surface area contributed by atoms with Crippen LogP contribution in [-0.2, 0) is 16.4 Å². The quantitative estimate of drug-likeness (QED) is 0.912. The van der Waals surface area contributed by atoms with E-state index in [2.05, 4.69) is 9.71 Å². The normalized spacial score (nSPS) is 11.6. The molecule has 0 radical (unpaired) electrons. The molecule has 0 saturated carbocycles. The van der Waals surface area contributed by atoms with Crippen LogP contribution in [0, 0.1) is 6.92 Å². The molecule has 1 heterocycles. The molecule has 1 N–H and O–H groups in total. The first-order valence-electron chi connectivity index (χ1n) is 5.53. The summed E-state index contributed by atoms with van der Waals surface area (Å²) in [4.78, 5) is 4.41. The minimum atomic E-state index is -3.41. The summed E-state index contributed by atoms with van der Waals surface area (Å²) in [7, 11) is -3.41. The molecule has 2 aromatic rings. The van der Waals surface area contributed by atoms with Crippen LogP contribution < -0.4 is 4.72 Å². The molecular weight excluding hydrogens is 268 g/mol. The Morgan fingerprint density at radius 2 is 2.22 bits per heavy atom. The maximum absolute atomic E-state index is 12.0. The summed E-state index contributed by atoms with van der Waals surface area (Å²) in [6.07, 6.45) is 2.33. The second kappa shape index (κ2) is 5.60. The number of nitrogens with zero attached hydrogens (tertiary/aromatic N) is 1. The lowest BCUT2D eigenvalue weighted by molar-refractivity contribution is 0.581. The van der Waals surface area contributed by atoms with Gasteiger partial charge in [-0.05, 0) is 24.6 Å². The van der Waals surface area contributed by atoms with Gasteiger partial charge in [0.05, 0.1) is 9.90 Å². The van der Waals surface area contributed by atoms with Gasteiger partial charge in [-0.25, -0.2) is 18.1 Å². The first kappa shape index (κ1) is 13.2. The van der Waals surface area contributed by atoms with Crippen LogP contribution in [0.5, 0.6) is 0 Å². The van der Waals surface area contributed by atoms with Crippen molar-refractivity contribution in [2.24, 2.45) is 0 Å². The van der Waals surface area contributed by atoms with Gasteiger partial charge in [0.1, 0.15) is 0 Å². The maximum atomic E-state index is 12.0. The smallest absolute Gasteiger partial charge is 0.240 e. The Morgan fingerprint density at radius 3 is 2.89 bits per heavy atom. The predicted octanol–water partition coefficient (Wildman–Crippen LogP) is 1.97. The third-order valence-electron chi connectivity index (χ3n) is 2.41. The van der Waals surface area contributed by atoms with Crippen LogP contribution in [0.15, 0.2) is 40.7 Å². The van der Waals surface area contributed by atoms with Crippen LogP contribution in [0.4, 0.5) is 0 Å². The van der Waals surface area contributed by atoms with Gasteiger partial charge in [0.2, 0.25) is 10.0 Å². The average Bonchev–Trinajstić information content (AvgIpc) is 2.82. The first-order chi connectivity index (χ1) is 8.58. The van der Waals surface area contributed by atoms with Crippen LogP contribution in [0.2, 0.25) is 0 Å². The SMILES string of the molecule is Cc1cccc(S(=O)(=O)NCCc2nccs2)c1. The van der Waals surface area contributed by atoms with Gasteiger partial charge >= 0.3 is 0 Å². The Hall–Kier alpha value is -1.24. The van der Waals surface area contributed by atoms with Gasteiger partial charge in [-0.1, -0.05) is 12.1 Å². The van der Waals surface area contributed by atoms with Gasteiger partial charge < -0.3 is 0 Å². The Bertz CT molecular complexity index is 607. The van der Waals surface area contributed by atoms with Crippen LogP contribution in [-0.4, -0.2) is 19.9 Å². The van der Waals surface area contributed by atoms with E-state index in [-0.39, 0.29) is 0 Å². The van der Waals surface area contributed by atoms with Gasteiger partial charge in [-0.2, -0.15) is 0 Å². The molecule has 1 aromatic carbocycles. The third kappa shape index (κ3) is 3.38. The van der Waals surface area contributed by atoms with E-state index in [1.54, 1.807) is 24.4 Å². The number of rotatable bonds is 5. The van der Waals surface area contributed by atoms with Crippen LogP contribution >= 0.6 is 11.3 Å². The Labute approximate surface area is 111 Å². The van der Waals surface area contributed by atoms with Gasteiger partial charge in [0, 0.05) is 24.5 Å². The van der Waals surface area contributed by atoms with E-state index in [1.165, 1.54) is 11.3 Å². The lowest BCUT2D eigenvalue weighted by Gasteiger charge is -2.06. The summed E-state index contributed by atoms with van der Waals surface area (Å²) in [5.74, 6) is 0. The third-order valence-corrected chi connectivity index (χ3v) is 4.71. The molecule has 0 amide bonds. The van der Waals surface area contributed by atoms with E-state index in [9.17, 15) is 8.42 Å². The molecule has 4 nitrogen and oxygen atoms in total. The number of benzene rings is 1. The van der Waals surface area contributed by atoms with E-state index in [0.717, 1.165) is 10.6 Å². The maximum Gasteiger partial charge on any atom is 0.240 e. The molecule has 0 aliphatic rings. The van der Waals surface area contributed by atoms with Crippen molar-refractivity contribution in [3.05, 3.63) is 46.4 Å². The molecule has 1 aromatic heterocycles. The van der Waals surface area contributed by atoms with Crippen LogP contribution in [0.1, 0.15) is 10.6 Å². The molecular formula is C12H14N2O2S2. The van der Waals surface area contributed by atoms with Crippen molar-refractivity contribution in [1.29, 1.82) is 0 Å². The summed E-state index contributed by atoms with van der Waals surface area (Å²) in [6.45, 7) is 2.23. The summed E-state index contributed by atoms with van der Waals surface area (Å²) in [5.41, 5.74) is 0.929. The molecule has 18 heavy (non-hydrogen) atoms. The zero-order valence-electron chi connectivity index (χ0n) is 9.96.